The van der Waals surface area contributed by atoms with Crippen LogP contribution in [0.1, 0.15) is 24.1 Å². The molecule has 3 aromatic rings. The van der Waals surface area contributed by atoms with E-state index >= 15 is 0 Å². The maximum atomic E-state index is 11.3. The average molecular weight is 462 g/mol. The number of nitrogens with zero attached hydrogens (tertiary/aromatic N) is 2. The Morgan fingerprint density at radius 1 is 1.00 bits per heavy atom. The maximum Gasteiger partial charge on any atom is 0.262 e. The van der Waals surface area contributed by atoms with E-state index < -0.39 is 0 Å². The Morgan fingerprint density at radius 2 is 1.79 bits per heavy atom. The Labute approximate surface area is 200 Å². The summed E-state index contributed by atoms with van der Waals surface area (Å²) in [7, 11) is 2.18. The largest absolute Gasteiger partial charge is 0.486 e. The number of fused-ring (bicyclic) bond motifs is 4. The van der Waals surface area contributed by atoms with E-state index in [-0.39, 0.29) is 12.5 Å². The van der Waals surface area contributed by atoms with E-state index in [1.807, 2.05) is 37.3 Å². The van der Waals surface area contributed by atoms with Crippen LogP contribution in [0.25, 0.3) is 10.9 Å². The van der Waals surface area contributed by atoms with Crippen LogP contribution in [0.4, 0.5) is 5.69 Å². The topological polar surface area (TPSA) is 72.9 Å². The number of aryl methyl sites for hydroxylation is 1. The molecule has 1 fully saturated rings. The van der Waals surface area contributed by atoms with E-state index in [2.05, 4.69) is 34.4 Å². The quantitative estimate of drug-likeness (QED) is 0.616. The Bertz CT molecular complexity index is 1190. The van der Waals surface area contributed by atoms with Gasteiger partial charge in [-0.1, -0.05) is 6.07 Å². The second-order valence-corrected chi connectivity index (χ2v) is 9.23. The second kappa shape index (κ2) is 9.89. The van der Waals surface area contributed by atoms with Crippen molar-refractivity contribution in [1.82, 2.24) is 9.88 Å². The fourth-order valence-electron chi connectivity index (χ4n) is 4.67. The van der Waals surface area contributed by atoms with Crippen molar-refractivity contribution < 1.29 is 19.0 Å². The average Bonchev–Trinajstić information content (AvgIpc) is 2.85. The SMILES string of the molecule is CN1CCC(Cc2ccc3c(c2)NC(=O)CO3)CC1.Cc1ccc2c3c(ccc2n1)OCCO3. The van der Waals surface area contributed by atoms with Crippen LogP contribution < -0.4 is 19.5 Å². The number of hydrogen-bond donors (Lipinski definition) is 1. The summed E-state index contributed by atoms with van der Waals surface area (Å²) in [4.78, 5) is 18.2. The molecule has 7 nitrogen and oxygen atoms in total. The minimum atomic E-state index is -0.0658. The summed E-state index contributed by atoms with van der Waals surface area (Å²) in [6.07, 6.45) is 3.61. The molecular formula is C27H31N3O4. The molecule has 0 spiro atoms. The van der Waals surface area contributed by atoms with Gasteiger partial charge < -0.3 is 24.4 Å². The molecule has 6 rings (SSSR count). The predicted octanol–water partition coefficient (Wildman–Crippen LogP) is 4.22. The van der Waals surface area contributed by atoms with Crippen LogP contribution in [0.2, 0.25) is 0 Å². The first-order valence-electron chi connectivity index (χ1n) is 12.0. The van der Waals surface area contributed by atoms with E-state index in [1.165, 1.54) is 31.5 Å². The van der Waals surface area contributed by atoms with Crippen molar-refractivity contribution in [2.45, 2.75) is 26.2 Å². The maximum absolute atomic E-state index is 11.3. The zero-order valence-corrected chi connectivity index (χ0v) is 19.8. The van der Waals surface area contributed by atoms with E-state index in [9.17, 15) is 4.79 Å². The molecule has 3 aliphatic heterocycles. The van der Waals surface area contributed by atoms with Crippen molar-refractivity contribution in [3.63, 3.8) is 0 Å². The highest BCUT2D eigenvalue weighted by molar-refractivity contribution is 5.95. The fourth-order valence-corrected chi connectivity index (χ4v) is 4.67. The molecule has 0 saturated carbocycles. The van der Waals surface area contributed by atoms with Crippen molar-refractivity contribution in [3.05, 3.63) is 53.7 Å². The molecule has 0 atom stereocenters. The van der Waals surface area contributed by atoms with Crippen molar-refractivity contribution in [2.24, 2.45) is 5.92 Å². The van der Waals surface area contributed by atoms with Crippen LogP contribution in [0.15, 0.2) is 42.5 Å². The number of carbonyl (C=O) groups excluding carboxylic acids is 1. The molecule has 3 aliphatic rings. The van der Waals surface area contributed by atoms with Crippen LogP contribution >= 0.6 is 0 Å². The summed E-state index contributed by atoms with van der Waals surface area (Å²) in [6.45, 7) is 5.72. The van der Waals surface area contributed by atoms with Gasteiger partial charge >= 0.3 is 0 Å². The third-order valence-electron chi connectivity index (χ3n) is 6.55. The van der Waals surface area contributed by atoms with Crippen molar-refractivity contribution in [1.29, 1.82) is 0 Å². The normalized spacial score (nSPS) is 17.8. The summed E-state index contributed by atoms with van der Waals surface area (Å²) in [6, 6.07) is 14.1. The Morgan fingerprint density at radius 3 is 2.65 bits per heavy atom. The van der Waals surface area contributed by atoms with E-state index in [1.54, 1.807) is 0 Å². The molecule has 0 radical (unpaired) electrons. The highest BCUT2D eigenvalue weighted by atomic mass is 16.6. The Kier molecular flexibility index (Phi) is 6.54. The van der Waals surface area contributed by atoms with Gasteiger partial charge in [0.05, 0.1) is 11.2 Å². The first-order chi connectivity index (χ1) is 16.5. The summed E-state index contributed by atoms with van der Waals surface area (Å²) >= 11 is 0. The van der Waals surface area contributed by atoms with Gasteiger partial charge in [-0.25, -0.2) is 0 Å². The number of amides is 1. The van der Waals surface area contributed by atoms with Gasteiger partial charge in [0.1, 0.15) is 19.0 Å². The molecule has 0 aliphatic carbocycles. The Balaban J connectivity index is 0.000000145. The minimum Gasteiger partial charge on any atom is -0.486 e. The zero-order valence-electron chi connectivity index (χ0n) is 19.8. The molecule has 7 heteroatoms. The highest BCUT2D eigenvalue weighted by Gasteiger charge is 2.20. The summed E-state index contributed by atoms with van der Waals surface area (Å²) in [5.74, 6) is 3.12. The number of piperidine rings is 1. The third-order valence-corrected chi connectivity index (χ3v) is 6.55. The fraction of sp³-hybridized carbons (Fsp3) is 0.407. The molecule has 178 valence electrons. The number of benzene rings is 2. The van der Waals surface area contributed by atoms with Crippen LogP contribution in [0.5, 0.6) is 17.2 Å². The van der Waals surface area contributed by atoms with E-state index in [0.717, 1.165) is 51.9 Å². The van der Waals surface area contributed by atoms with Gasteiger partial charge in [0.25, 0.3) is 5.91 Å². The van der Waals surface area contributed by atoms with Gasteiger partial charge in [-0.3, -0.25) is 9.78 Å². The molecule has 0 unspecified atom stereocenters. The molecule has 1 saturated heterocycles. The van der Waals surface area contributed by atoms with Gasteiger partial charge in [0, 0.05) is 11.1 Å². The van der Waals surface area contributed by atoms with Gasteiger partial charge in [0.15, 0.2) is 18.1 Å². The summed E-state index contributed by atoms with van der Waals surface area (Å²) in [5, 5.41) is 3.90. The molecule has 1 aromatic heterocycles. The number of aromatic nitrogens is 1. The number of anilines is 1. The minimum absolute atomic E-state index is 0.0658. The number of carbonyl (C=O) groups is 1. The number of nitrogens with one attached hydrogen (secondary N) is 1. The standard InChI is InChI=1S/C15H20N2O2.C12H11NO2/c1-17-6-4-11(5-7-17)8-12-2-3-14-13(9-12)16-15(18)10-19-14;1-8-2-3-9-10(13-8)4-5-11-12(9)15-7-6-14-11/h2-3,9,11H,4-8,10H2,1H3,(H,16,18);2-5H,6-7H2,1H3. The van der Waals surface area contributed by atoms with Crippen LogP contribution in [-0.2, 0) is 11.2 Å². The summed E-state index contributed by atoms with van der Waals surface area (Å²) in [5.41, 5.74) is 4.08. The smallest absolute Gasteiger partial charge is 0.262 e. The van der Waals surface area contributed by atoms with Gasteiger partial charge in [-0.15, -0.1) is 0 Å². The number of ether oxygens (including phenoxy) is 3. The first-order valence-corrected chi connectivity index (χ1v) is 12.0. The van der Waals surface area contributed by atoms with Crippen LogP contribution in [0, 0.1) is 12.8 Å². The van der Waals surface area contributed by atoms with Crippen LogP contribution in [-0.4, -0.2) is 55.7 Å². The zero-order chi connectivity index (χ0) is 23.5. The lowest BCUT2D eigenvalue weighted by molar-refractivity contribution is -0.118. The predicted molar refractivity (Wildman–Crippen MR) is 132 cm³/mol. The van der Waals surface area contributed by atoms with E-state index in [0.29, 0.717) is 13.2 Å². The van der Waals surface area contributed by atoms with Gasteiger partial charge in [-0.2, -0.15) is 0 Å². The second-order valence-electron chi connectivity index (χ2n) is 9.23. The van der Waals surface area contributed by atoms with Crippen molar-refractivity contribution >= 4 is 22.5 Å². The lowest BCUT2D eigenvalue weighted by atomic mass is 9.90. The first kappa shape index (κ1) is 22.5. The lowest BCUT2D eigenvalue weighted by Crippen LogP contribution is -2.31. The molecule has 0 bridgehead atoms. The molecule has 1 N–H and O–H groups in total. The van der Waals surface area contributed by atoms with Crippen molar-refractivity contribution in [2.75, 3.05) is 45.3 Å². The number of pyridine rings is 1. The molecular weight excluding hydrogens is 430 g/mol. The van der Waals surface area contributed by atoms with Crippen molar-refractivity contribution in [3.8, 4) is 17.2 Å². The molecule has 34 heavy (non-hydrogen) atoms. The molecule has 1 amide bonds. The number of rotatable bonds is 2. The van der Waals surface area contributed by atoms with Gasteiger partial charge in [-0.05, 0) is 94.2 Å². The summed E-state index contributed by atoms with van der Waals surface area (Å²) < 4.78 is 16.5. The third kappa shape index (κ3) is 5.09. The Hall–Kier alpha value is -3.32. The number of hydrogen-bond acceptors (Lipinski definition) is 6. The molecule has 2 aromatic carbocycles. The van der Waals surface area contributed by atoms with Crippen LogP contribution in [0.3, 0.4) is 0 Å². The number of likely N-dealkylation sites (tertiary alicyclic amines) is 1. The monoisotopic (exact) mass is 461 g/mol. The van der Waals surface area contributed by atoms with Gasteiger partial charge in [0.2, 0.25) is 0 Å². The lowest BCUT2D eigenvalue weighted by Gasteiger charge is -2.29. The van der Waals surface area contributed by atoms with E-state index in [4.69, 9.17) is 14.2 Å². The molecule has 4 heterocycles. The highest BCUT2D eigenvalue weighted by Crippen LogP contribution is 2.37.